The zero-order valence-electron chi connectivity index (χ0n) is 11.3. The van der Waals surface area contributed by atoms with Crippen LogP contribution in [0.25, 0.3) is 0 Å². The number of non-ortho nitro benzene ring substituents is 1. The fourth-order valence-corrected chi connectivity index (χ4v) is 2.33. The van der Waals surface area contributed by atoms with Crippen LogP contribution in [0.2, 0.25) is 0 Å². The SMILES string of the molecule is COc1cc([N+](=O)[O-])ccc1N1CCCN(C)CC1. The number of methoxy groups -OCH3 is 1. The quantitative estimate of drug-likeness (QED) is 0.615. The third kappa shape index (κ3) is 3.14. The van der Waals surface area contributed by atoms with Crippen molar-refractivity contribution in [2.75, 3.05) is 45.2 Å². The summed E-state index contributed by atoms with van der Waals surface area (Å²) >= 11 is 0. The summed E-state index contributed by atoms with van der Waals surface area (Å²) in [5.41, 5.74) is 0.996. The Morgan fingerprint density at radius 1 is 1.26 bits per heavy atom. The highest BCUT2D eigenvalue weighted by molar-refractivity contribution is 5.62. The number of likely N-dealkylation sites (N-methyl/N-ethyl adjacent to an activating group) is 1. The van der Waals surface area contributed by atoms with Gasteiger partial charge in [-0.3, -0.25) is 10.1 Å². The molecule has 1 aromatic carbocycles. The molecule has 0 aromatic heterocycles. The topological polar surface area (TPSA) is 58.9 Å². The molecule has 6 nitrogen and oxygen atoms in total. The molecule has 0 atom stereocenters. The second-order valence-corrected chi connectivity index (χ2v) is 4.76. The first-order chi connectivity index (χ1) is 9.11. The summed E-state index contributed by atoms with van der Waals surface area (Å²) < 4.78 is 5.30. The average molecular weight is 265 g/mol. The smallest absolute Gasteiger partial charge is 0.273 e. The minimum Gasteiger partial charge on any atom is -0.494 e. The van der Waals surface area contributed by atoms with Crippen molar-refractivity contribution >= 4 is 11.4 Å². The normalized spacial score (nSPS) is 17.1. The van der Waals surface area contributed by atoms with Gasteiger partial charge in [0.15, 0.2) is 0 Å². The molecule has 1 saturated heterocycles. The molecule has 104 valence electrons. The van der Waals surface area contributed by atoms with E-state index in [0.717, 1.165) is 38.3 Å². The largest absolute Gasteiger partial charge is 0.494 e. The highest BCUT2D eigenvalue weighted by Crippen LogP contribution is 2.32. The summed E-state index contributed by atoms with van der Waals surface area (Å²) in [4.78, 5) is 14.9. The second-order valence-electron chi connectivity index (χ2n) is 4.76. The maximum atomic E-state index is 10.8. The average Bonchev–Trinajstić information content (AvgIpc) is 2.62. The Morgan fingerprint density at radius 2 is 2.05 bits per heavy atom. The van der Waals surface area contributed by atoms with E-state index < -0.39 is 4.92 Å². The van der Waals surface area contributed by atoms with Crippen molar-refractivity contribution in [3.8, 4) is 5.75 Å². The van der Waals surface area contributed by atoms with Gasteiger partial charge in [0.2, 0.25) is 0 Å². The number of rotatable bonds is 3. The van der Waals surface area contributed by atoms with Crippen LogP contribution in [0.4, 0.5) is 11.4 Å². The van der Waals surface area contributed by atoms with Gasteiger partial charge in [-0.2, -0.15) is 0 Å². The summed E-state index contributed by atoms with van der Waals surface area (Å²) in [7, 11) is 3.66. The molecule has 0 radical (unpaired) electrons. The third-order valence-electron chi connectivity index (χ3n) is 3.43. The molecular formula is C13H19N3O3. The highest BCUT2D eigenvalue weighted by atomic mass is 16.6. The Bertz CT molecular complexity index is 464. The summed E-state index contributed by atoms with van der Waals surface area (Å²) in [6.45, 7) is 3.91. The number of hydrogen-bond donors (Lipinski definition) is 0. The molecule has 0 amide bonds. The minimum absolute atomic E-state index is 0.0625. The third-order valence-corrected chi connectivity index (χ3v) is 3.43. The standard InChI is InChI=1S/C13H19N3O3/c1-14-6-3-7-15(9-8-14)12-5-4-11(16(17)18)10-13(12)19-2/h4-5,10H,3,6-9H2,1-2H3. The first-order valence-corrected chi connectivity index (χ1v) is 6.37. The van der Waals surface area contributed by atoms with Crippen molar-refractivity contribution in [1.82, 2.24) is 4.90 Å². The molecule has 0 saturated carbocycles. The van der Waals surface area contributed by atoms with Gasteiger partial charge in [-0.05, 0) is 26.1 Å². The molecule has 2 rings (SSSR count). The van der Waals surface area contributed by atoms with Gasteiger partial charge in [-0.15, -0.1) is 0 Å². The first kappa shape index (κ1) is 13.6. The number of nitro benzene ring substituents is 1. The van der Waals surface area contributed by atoms with Crippen molar-refractivity contribution in [3.05, 3.63) is 28.3 Å². The molecule has 1 fully saturated rings. The van der Waals surface area contributed by atoms with Crippen molar-refractivity contribution in [2.45, 2.75) is 6.42 Å². The molecule has 0 unspecified atom stereocenters. The summed E-state index contributed by atoms with van der Waals surface area (Å²) in [6.07, 6.45) is 1.08. The maximum absolute atomic E-state index is 10.8. The van der Waals surface area contributed by atoms with Gasteiger partial charge in [0, 0.05) is 25.7 Å². The van der Waals surface area contributed by atoms with Crippen LogP contribution in [0, 0.1) is 10.1 Å². The van der Waals surface area contributed by atoms with Crippen molar-refractivity contribution < 1.29 is 9.66 Å². The van der Waals surface area contributed by atoms with Crippen LogP contribution in [-0.2, 0) is 0 Å². The molecule has 19 heavy (non-hydrogen) atoms. The number of anilines is 1. The monoisotopic (exact) mass is 265 g/mol. The van der Waals surface area contributed by atoms with Crippen LogP contribution in [-0.4, -0.2) is 50.2 Å². The van der Waals surface area contributed by atoms with Gasteiger partial charge in [-0.1, -0.05) is 0 Å². The van der Waals surface area contributed by atoms with E-state index in [1.807, 2.05) is 0 Å². The molecular weight excluding hydrogens is 246 g/mol. The second kappa shape index (κ2) is 5.88. The fraction of sp³-hybridized carbons (Fsp3) is 0.538. The van der Waals surface area contributed by atoms with E-state index in [0.29, 0.717) is 5.75 Å². The summed E-state index contributed by atoms with van der Waals surface area (Å²) in [5, 5.41) is 10.8. The van der Waals surface area contributed by atoms with Crippen molar-refractivity contribution in [3.63, 3.8) is 0 Å². The Balaban J connectivity index is 2.25. The van der Waals surface area contributed by atoms with E-state index in [1.165, 1.54) is 12.1 Å². The Labute approximate surface area is 112 Å². The van der Waals surface area contributed by atoms with Crippen LogP contribution in [0.5, 0.6) is 5.75 Å². The lowest BCUT2D eigenvalue weighted by atomic mass is 10.2. The van der Waals surface area contributed by atoms with Crippen LogP contribution in [0.1, 0.15) is 6.42 Å². The van der Waals surface area contributed by atoms with E-state index in [1.54, 1.807) is 13.2 Å². The van der Waals surface area contributed by atoms with E-state index in [2.05, 4.69) is 16.8 Å². The Morgan fingerprint density at radius 3 is 2.74 bits per heavy atom. The molecule has 1 aliphatic heterocycles. The number of hydrogen-bond acceptors (Lipinski definition) is 5. The number of nitro groups is 1. The number of nitrogens with zero attached hydrogens (tertiary/aromatic N) is 3. The van der Waals surface area contributed by atoms with Gasteiger partial charge >= 0.3 is 0 Å². The number of ether oxygens (including phenoxy) is 1. The molecule has 0 aliphatic carbocycles. The molecule has 0 spiro atoms. The molecule has 0 N–H and O–H groups in total. The van der Waals surface area contributed by atoms with Crippen LogP contribution >= 0.6 is 0 Å². The van der Waals surface area contributed by atoms with Gasteiger partial charge in [-0.25, -0.2) is 0 Å². The summed E-state index contributed by atoms with van der Waals surface area (Å²) in [6, 6.07) is 4.80. The predicted octanol–water partition coefficient (Wildman–Crippen LogP) is 1.75. The van der Waals surface area contributed by atoms with Crippen LogP contribution in [0.15, 0.2) is 18.2 Å². The Kier molecular flexibility index (Phi) is 4.21. The van der Waals surface area contributed by atoms with E-state index in [4.69, 9.17) is 4.74 Å². The lowest BCUT2D eigenvalue weighted by molar-refractivity contribution is -0.384. The fourth-order valence-electron chi connectivity index (χ4n) is 2.33. The lowest BCUT2D eigenvalue weighted by Gasteiger charge is -2.24. The van der Waals surface area contributed by atoms with E-state index >= 15 is 0 Å². The van der Waals surface area contributed by atoms with Crippen LogP contribution in [0.3, 0.4) is 0 Å². The zero-order chi connectivity index (χ0) is 13.8. The molecule has 1 aliphatic rings. The first-order valence-electron chi connectivity index (χ1n) is 6.37. The van der Waals surface area contributed by atoms with Crippen LogP contribution < -0.4 is 9.64 Å². The molecule has 1 heterocycles. The summed E-state index contributed by atoms with van der Waals surface area (Å²) in [5.74, 6) is 0.568. The van der Waals surface area contributed by atoms with Gasteiger partial charge in [0.25, 0.3) is 5.69 Å². The van der Waals surface area contributed by atoms with E-state index in [-0.39, 0.29) is 5.69 Å². The molecule has 6 heteroatoms. The maximum Gasteiger partial charge on any atom is 0.273 e. The van der Waals surface area contributed by atoms with Gasteiger partial charge in [0.05, 0.1) is 23.8 Å². The highest BCUT2D eigenvalue weighted by Gasteiger charge is 2.18. The minimum atomic E-state index is -0.400. The Hall–Kier alpha value is -1.82. The molecule has 0 bridgehead atoms. The predicted molar refractivity (Wildman–Crippen MR) is 74.0 cm³/mol. The van der Waals surface area contributed by atoms with Gasteiger partial charge in [0.1, 0.15) is 5.75 Å². The lowest BCUT2D eigenvalue weighted by Crippen LogP contribution is -2.29. The van der Waals surface area contributed by atoms with Crippen molar-refractivity contribution in [2.24, 2.45) is 0 Å². The number of benzene rings is 1. The zero-order valence-corrected chi connectivity index (χ0v) is 11.3. The van der Waals surface area contributed by atoms with Gasteiger partial charge < -0.3 is 14.5 Å². The van der Waals surface area contributed by atoms with Crippen molar-refractivity contribution in [1.29, 1.82) is 0 Å². The van der Waals surface area contributed by atoms with E-state index in [9.17, 15) is 10.1 Å². The molecule has 1 aromatic rings.